The first-order chi connectivity index (χ1) is 37.5. The number of rotatable bonds is 63. The van der Waals surface area contributed by atoms with E-state index in [1.165, 1.54) is 270 Å². The summed E-state index contributed by atoms with van der Waals surface area (Å²) in [4.78, 5) is 38.0. The van der Waals surface area contributed by atoms with Gasteiger partial charge in [0.25, 0.3) is 0 Å². The summed E-state index contributed by atoms with van der Waals surface area (Å²) in [5, 5.41) is 0. The summed E-state index contributed by atoms with van der Waals surface area (Å²) in [6.07, 6.45) is 80.8. The molecule has 0 radical (unpaired) electrons. The summed E-state index contributed by atoms with van der Waals surface area (Å²) in [5.74, 6) is -0.862. The van der Waals surface area contributed by atoms with Gasteiger partial charge in [-0.15, -0.1) is 0 Å². The van der Waals surface area contributed by atoms with Crippen molar-refractivity contribution in [3.63, 3.8) is 0 Å². The molecule has 0 N–H and O–H groups in total. The fraction of sp³-hybridized carbons (Fsp3) is 0.871. The Labute approximate surface area is 474 Å². The van der Waals surface area contributed by atoms with Crippen LogP contribution in [-0.2, 0) is 28.6 Å². The molecule has 0 heterocycles. The molecule has 0 aliphatic rings. The summed E-state index contributed by atoms with van der Waals surface area (Å²) < 4.78 is 16.8. The molecule has 1 atom stereocenters. The maximum atomic E-state index is 12.8. The smallest absolute Gasteiger partial charge is 0.306 e. The van der Waals surface area contributed by atoms with Crippen LogP contribution in [0.5, 0.6) is 0 Å². The minimum absolute atomic E-state index is 0.0694. The van der Waals surface area contributed by atoms with Gasteiger partial charge in [-0.25, -0.2) is 0 Å². The summed E-state index contributed by atoms with van der Waals surface area (Å²) in [6.45, 7) is 6.61. The summed E-state index contributed by atoms with van der Waals surface area (Å²) in [7, 11) is 0. The number of ether oxygens (including phenoxy) is 3. The average molecular weight is 1070 g/mol. The molecule has 0 amide bonds. The second-order valence-electron chi connectivity index (χ2n) is 23.1. The van der Waals surface area contributed by atoms with Crippen LogP contribution in [-0.4, -0.2) is 37.2 Å². The molecule has 446 valence electrons. The highest BCUT2D eigenvalue weighted by molar-refractivity contribution is 5.71. The van der Waals surface area contributed by atoms with E-state index in [9.17, 15) is 14.4 Å². The van der Waals surface area contributed by atoms with Crippen molar-refractivity contribution in [2.24, 2.45) is 0 Å². The van der Waals surface area contributed by atoms with Crippen molar-refractivity contribution in [2.45, 2.75) is 380 Å². The standard InChI is InChI=1S/C70H130O6/c1-4-7-10-13-16-18-20-22-24-26-28-29-30-31-32-33-34-35-36-37-38-39-40-41-43-44-46-48-50-52-54-57-60-63-69(72)75-66-67(65-74-68(71)62-59-56-15-12-9-6-3)76-70(73)64-61-58-55-53-51-49-47-45-42-27-25-23-21-19-17-14-11-8-5-2/h17,19,23,25-26,28,67H,4-16,18,20-22,24,27,29-66H2,1-3H3/b19-17-,25-23-,28-26-. The highest BCUT2D eigenvalue weighted by atomic mass is 16.6. The van der Waals surface area contributed by atoms with Crippen LogP contribution in [0, 0.1) is 0 Å². The molecule has 6 nitrogen and oxygen atoms in total. The topological polar surface area (TPSA) is 78.9 Å². The van der Waals surface area contributed by atoms with E-state index in [4.69, 9.17) is 14.2 Å². The molecule has 0 aromatic rings. The van der Waals surface area contributed by atoms with E-state index in [-0.39, 0.29) is 31.1 Å². The molecule has 76 heavy (non-hydrogen) atoms. The zero-order valence-corrected chi connectivity index (χ0v) is 51.3. The molecule has 0 aliphatic heterocycles. The second-order valence-corrected chi connectivity index (χ2v) is 23.1. The van der Waals surface area contributed by atoms with Crippen molar-refractivity contribution in [3.8, 4) is 0 Å². The van der Waals surface area contributed by atoms with Crippen LogP contribution in [0.15, 0.2) is 36.5 Å². The van der Waals surface area contributed by atoms with Gasteiger partial charge in [0.05, 0.1) is 0 Å². The van der Waals surface area contributed by atoms with Gasteiger partial charge in [-0.05, 0) is 77.0 Å². The molecule has 0 bridgehead atoms. The fourth-order valence-electron chi connectivity index (χ4n) is 10.2. The van der Waals surface area contributed by atoms with Crippen molar-refractivity contribution in [2.75, 3.05) is 13.2 Å². The Hall–Kier alpha value is -2.37. The third kappa shape index (κ3) is 62.5. The maximum Gasteiger partial charge on any atom is 0.306 e. The van der Waals surface area contributed by atoms with E-state index < -0.39 is 6.10 Å². The first-order valence-corrected chi connectivity index (χ1v) is 34.0. The van der Waals surface area contributed by atoms with Crippen LogP contribution < -0.4 is 0 Å². The number of unbranched alkanes of at least 4 members (excludes halogenated alkanes) is 46. The largest absolute Gasteiger partial charge is 0.462 e. The van der Waals surface area contributed by atoms with Crippen LogP contribution in [0.3, 0.4) is 0 Å². The molecule has 0 rings (SSSR count). The molecule has 0 aromatic heterocycles. The van der Waals surface area contributed by atoms with Crippen LogP contribution in [0.25, 0.3) is 0 Å². The number of hydrogen-bond acceptors (Lipinski definition) is 6. The molecule has 0 spiro atoms. The predicted octanol–water partition coefficient (Wildman–Crippen LogP) is 23.2. The Balaban J connectivity index is 3.93. The molecular formula is C70H130O6. The van der Waals surface area contributed by atoms with Gasteiger partial charge in [-0.1, -0.05) is 314 Å². The molecule has 0 fully saturated rings. The molecule has 6 heteroatoms. The molecule has 0 saturated heterocycles. The Morgan fingerprint density at radius 2 is 0.474 bits per heavy atom. The van der Waals surface area contributed by atoms with Crippen molar-refractivity contribution in [3.05, 3.63) is 36.5 Å². The zero-order valence-electron chi connectivity index (χ0n) is 51.3. The molecule has 0 aromatic carbocycles. The quantitative estimate of drug-likeness (QED) is 0.0261. The van der Waals surface area contributed by atoms with Gasteiger partial charge in [-0.3, -0.25) is 14.4 Å². The third-order valence-electron chi connectivity index (χ3n) is 15.4. The zero-order chi connectivity index (χ0) is 55.0. The molecular weight excluding hydrogens is 937 g/mol. The Bertz CT molecular complexity index is 1270. The number of carbonyl (C=O) groups excluding carboxylic acids is 3. The Morgan fingerprint density at radius 1 is 0.263 bits per heavy atom. The lowest BCUT2D eigenvalue weighted by molar-refractivity contribution is -0.167. The first-order valence-electron chi connectivity index (χ1n) is 34.0. The van der Waals surface area contributed by atoms with Gasteiger partial charge < -0.3 is 14.2 Å². The van der Waals surface area contributed by atoms with E-state index in [1.807, 2.05) is 0 Å². The van der Waals surface area contributed by atoms with Gasteiger partial charge >= 0.3 is 17.9 Å². The minimum atomic E-state index is -0.769. The van der Waals surface area contributed by atoms with Crippen molar-refractivity contribution >= 4 is 17.9 Å². The monoisotopic (exact) mass is 1070 g/mol. The van der Waals surface area contributed by atoms with Crippen LogP contribution in [0.2, 0.25) is 0 Å². The SMILES string of the molecule is CCCCC/C=C\C/C=C\CCCCCCCCCCCC(=O)OC(COC(=O)CCCCCCCC)COC(=O)CCCCCCCCCCCCCCCCCCCCCCC/C=C\CCCCCCCCCC. The lowest BCUT2D eigenvalue weighted by atomic mass is 10.0. The van der Waals surface area contributed by atoms with Crippen molar-refractivity contribution in [1.82, 2.24) is 0 Å². The maximum absolute atomic E-state index is 12.8. The van der Waals surface area contributed by atoms with Gasteiger partial charge in [0.2, 0.25) is 0 Å². The van der Waals surface area contributed by atoms with Crippen LogP contribution in [0.4, 0.5) is 0 Å². The van der Waals surface area contributed by atoms with Crippen LogP contribution in [0.1, 0.15) is 374 Å². The number of hydrogen-bond donors (Lipinski definition) is 0. The van der Waals surface area contributed by atoms with E-state index in [0.29, 0.717) is 19.3 Å². The van der Waals surface area contributed by atoms with Gasteiger partial charge in [0.1, 0.15) is 13.2 Å². The highest BCUT2D eigenvalue weighted by Crippen LogP contribution is 2.18. The second kappa shape index (κ2) is 65.2. The predicted molar refractivity (Wildman–Crippen MR) is 330 cm³/mol. The number of allylic oxidation sites excluding steroid dienone is 6. The van der Waals surface area contributed by atoms with E-state index in [2.05, 4.69) is 57.2 Å². The summed E-state index contributed by atoms with van der Waals surface area (Å²) >= 11 is 0. The molecule has 0 aliphatic carbocycles. The van der Waals surface area contributed by atoms with Crippen molar-refractivity contribution < 1.29 is 28.6 Å². The fourth-order valence-corrected chi connectivity index (χ4v) is 10.2. The molecule has 0 saturated carbocycles. The number of esters is 3. The van der Waals surface area contributed by atoms with E-state index >= 15 is 0 Å². The molecule has 1 unspecified atom stereocenters. The lowest BCUT2D eigenvalue weighted by Crippen LogP contribution is -2.30. The normalized spacial score (nSPS) is 12.2. The average Bonchev–Trinajstić information content (AvgIpc) is 3.42. The van der Waals surface area contributed by atoms with Gasteiger partial charge in [-0.2, -0.15) is 0 Å². The number of carbonyl (C=O) groups is 3. The van der Waals surface area contributed by atoms with Gasteiger partial charge in [0.15, 0.2) is 6.10 Å². The lowest BCUT2D eigenvalue weighted by Gasteiger charge is -2.18. The first kappa shape index (κ1) is 73.6. The van der Waals surface area contributed by atoms with Gasteiger partial charge in [0, 0.05) is 19.3 Å². The third-order valence-corrected chi connectivity index (χ3v) is 15.4. The van der Waals surface area contributed by atoms with E-state index in [0.717, 1.165) is 64.2 Å². The van der Waals surface area contributed by atoms with Crippen molar-refractivity contribution in [1.29, 1.82) is 0 Å². The summed E-state index contributed by atoms with van der Waals surface area (Å²) in [6, 6.07) is 0. The Morgan fingerprint density at radius 3 is 0.763 bits per heavy atom. The summed E-state index contributed by atoms with van der Waals surface area (Å²) in [5.41, 5.74) is 0. The van der Waals surface area contributed by atoms with E-state index in [1.54, 1.807) is 0 Å². The Kier molecular flexibility index (Phi) is 63.1. The minimum Gasteiger partial charge on any atom is -0.462 e. The van der Waals surface area contributed by atoms with Crippen LogP contribution >= 0.6 is 0 Å². The highest BCUT2D eigenvalue weighted by Gasteiger charge is 2.19.